The van der Waals surface area contributed by atoms with Gasteiger partial charge in [-0.25, -0.2) is 4.68 Å². The van der Waals surface area contributed by atoms with Crippen molar-refractivity contribution in [2.75, 3.05) is 7.11 Å². The maximum absolute atomic E-state index is 13.2. The van der Waals surface area contributed by atoms with Gasteiger partial charge in [0.25, 0.3) is 5.56 Å². The molecule has 0 aliphatic heterocycles. The van der Waals surface area contributed by atoms with Crippen molar-refractivity contribution in [2.24, 2.45) is 5.92 Å². The molecule has 0 spiro atoms. The number of benzene rings is 1. The van der Waals surface area contributed by atoms with Crippen LogP contribution in [0.4, 0.5) is 0 Å². The second kappa shape index (κ2) is 9.86. The Balaban J connectivity index is 1.79. The van der Waals surface area contributed by atoms with E-state index in [2.05, 4.69) is 60.0 Å². The molecule has 2 heterocycles. The molecule has 1 aliphatic rings. The summed E-state index contributed by atoms with van der Waals surface area (Å²) in [5.41, 5.74) is 1.29. The fourth-order valence-corrected chi connectivity index (χ4v) is 5.22. The summed E-state index contributed by atoms with van der Waals surface area (Å²) in [4.78, 5) is 18.7. The molecule has 4 rings (SSSR count). The normalized spacial score (nSPS) is 16.5. The monoisotopic (exact) mass is 466 g/mol. The molecule has 1 atom stereocenters. The van der Waals surface area contributed by atoms with E-state index in [1.165, 1.54) is 19.3 Å². The van der Waals surface area contributed by atoms with Crippen LogP contribution in [0.25, 0.3) is 10.9 Å². The van der Waals surface area contributed by atoms with E-state index in [1.807, 2.05) is 28.9 Å². The number of hydrogen-bond donors (Lipinski definition) is 1. The number of hydrogen-bond acceptors (Lipinski definition) is 6. The molecule has 8 nitrogen and oxygen atoms in total. The Morgan fingerprint density at radius 1 is 1.18 bits per heavy atom. The highest BCUT2D eigenvalue weighted by Gasteiger charge is 2.36. The summed E-state index contributed by atoms with van der Waals surface area (Å²) < 4.78 is 7.35. The zero-order valence-corrected chi connectivity index (χ0v) is 21.3. The van der Waals surface area contributed by atoms with E-state index in [4.69, 9.17) is 4.74 Å². The lowest BCUT2D eigenvalue weighted by molar-refractivity contribution is 0.0580. The third-order valence-electron chi connectivity index (χ3n) is 6.91. The minimum Gasteiger partial charge on any atom is -0.497 e. The molecule has 0 bridgehead atoms. The predicted octanol–water partition coefficient (Wildman–Crippen LogP) is 4.81. The Morgan fingerprint density at radius 2 is 1.91 bits per heavy atom. The van der Waals surface area contributed by atoms with Gasteiger partial charge in [0.2, 0.25) is 0 Å². The molecule has 1 aromatic carbocycles. The molecule has 1 N–H and O–H groups in total. The Hall–Kier alpha value is -2.74. The van der Waals surface area contributed by atoms with Crippen LogP contribution >= 0.6 is 0 Å². The van der Waals surface area contributed by atoms with Gasteiger partial charge in [-0.1, -0.05) is 33.1 Å². The van der Waals surface area contributed by atoms with E-state index >= 15 is 0 Å². The zero-order valence-electron chi connectivity index (χ0n) is 21.3. The number of methoxy groups -OCH3 is 1. The molecular weight excluding hydrogens is 428 g/mol. The number of tetrazole rings is 1. The number of aromatic nitrogens is 5. The summed E-state index contributed by atoms with van der Waals surface area (Å²) >= 11 is 0. The van der Waals surface area contributed by atoms with Crippen molar-refractivity contribution >= 4 is 10.9 Å². The van der Waals surface area contributed by atoms with Gasteiger partial charge in [0, 0.05) is 29.1 Å². The number of pyridine rings is 1. The number of rotatable bonds is 7. The van der Waals surface area contributed by atoms with Crippen molar-refractivity contribution in [3.05, 3.63) is 46.0 Å². The first-order chi connectivity index (χ1) is 16.2. The van der Waals surface area contributed by atoms with Crippen LogP contribution < -0.4 is 10.3 Å². The molecule has 184 valence electrons. The molecule has 1 aliphatic carbocycles. The van der Waals surface area contributed by atoms with E-state index in [-0.39, 0.29) is 23.1 Å². The van der Waals surface area contributed by atoms with Crippen molar-refractivity contribution in [1.29, 1.82) is 0 Å². The first-order valence-corrected chi connectivity index (χ1v) is 12.4. The summed E-state index contributed by atoms with van der Waals surface area (Å²) in [6.07, 6.45) is 5.94. The molecule has 1 saturated carbocycles. The van der Waals surface area contributed by atoms with Gasteiger partial charge in [-0.15, -0.1) is 5.10 Å². The average molecular weight is 467 g/mol. The van der Waals surface area contributed by atoms with Crippen LogP contribution in [0.3, 0.4) is 0 Å². The van der Waals surface area contributed by atoms with Crippen LogP contribution in [-0.4, -0.2) is 43.2 Å². The lowest BCUT2D eigenvalue weighted by Crippen LogP contribution is -2.44. The van der Waals surface area contributed by atoms with Gasteiger partial charge in [-0.05, 0) is 74.2 Å². The third kappa shape index (κ3) is 5.02. The SMILES string of the molecule is COc1ccc2[nH]c(=O)c(CN(C3CCCCC3)[C@H](c3nnnn3C(C)(C)C)C(C)C)cc2c1. The number of ether oxygens (including phenoxy) is 1. The molecule has 2 aromatic heterocycles. The fourth-order valence-electron chi connectivity index (χ4n) is 5.22. The van der Waals surface area contributed by atoms with E-state index in [1.54, 1.807) is 7.11 Å². The highest BCUT2D eigenvalue weighted by Crippen LogP contribution is 2.36. The quantitative estimate of drug-likeness (QED) is 0.537. The Bertz CT molecular complexity index is 1170. The number of aromatic amines is 1. The van der Waals surface area contributed by atoms with E-state index < -0.39 is 0 Å². The summed E-state index contributed by atoms with van der Waals surface area (Å²) in [5.74, 6) is 1.92. The highest BCUT2D eigenvalue weighted by molar-refractivity contribution is 5.80. The molecule has 0 unspecified atom stereocenters. The fraction of sp³-hybridized carbons (Fsp3) is 0.615. The van der Waals surface area contributed by atoms with Gasteiger partial charge >= 0.3 is 0 Å². The van der Waals surface area contributed by atoms with Crippen LogP contribution in [0.2, 0.25) is 0 Å². The maximum atomic E-state index is 13.2. The highest BCUT2D eigenvalue weighted by atomic mass is 16.5. The molecular formula is C26H38N6O2. The summed E-state index contributed by atoms with van der Waals surface area (Å²) in [6.45, 7) is 11.4. The molecule has 0 saturated heterocycles. The Kier molecular flexibility index (Phi) is 7.07. The van der Waals surface area contributed by atoms with Crippen LogP contribution in [0.15, 0.2) is 29.1 Å². The summed E-state index contributed by atoms with van der Waals surface area (Å²) in [5, 5.41) is 13.9. The van der Waals surface area contributed by atoms with E-state index in [0.717, 1.165) is 40.9 Å². The van der Waals surface area contributed by atoms with Crippen molar-refractivity contribution in [3.63, 3.8) is 0 Å². The van der Waals surface area contributed by atoms with E-state index in [9.17, 15) is 4.79 Å². The smallest absolute Gasteiger partial charge is 0.252 e. The summed E-state index contributed by atoms with van der Waals surface area (Å²) in [6, 6.07) is 8.13. The van der Waals surface area contributed by atoms with Crippen LogP contribution in [0.5, 0.6) is 5.75 Å². The minimum atomic E-state index is -0.235. The lowest BCUT2D eigenvalue weighted by atomic mass is 9.90. The Labute approximate surface area is 201 Å². The number of nitrogens with one attached hydrogen (secondary N) is 1. The molecule has 0 amide bonds. The van der Waals surface area contributed by atoms with Crippen molar-refractivity contribution in [1.82, 2.24) is 30.1 Å². The first kappa shape index (κ1) is 24.4. The predicted molar refractivity (Wildman–Crippen MR) is 134 cm³/mol. The van der Waals surface area contributed by atoms with Crippen molar-refractivity contribution in [3.8, 4) is 5.75 Å². The van der Waals surface area contributed by atoms with Crippen LogP contribution in [-0.2, 0) is 12.1 Å². The summed E-state index contributed by atoms with van der Waals surface area (Å²) in [7, 11) is 1.66. The third-order valence-corrected chi connectivity index (χ3v) is 6.91. The zero-order chi connectivity index (χ0) is 24.5. The largest absolute Gasteiger partial charge is 0.497 e. The van der Waals surface area contributed by atoms with Gasteiger partial charge in [-0.3, -0.25) is 9.69 Å². The van der Waals surface area contributed by atoms with Crippen LogP contribution in [0.1, 0.15) is 84.2 Å². The van der Waals surface area contributed by atoms with Crippen LogP contribution in [0, 0.1) is 5.92 Å². The number of nitrogens with zero attached hydrogens (tertiary/aromatic N) is 5. The number of H-pyrrole nitrogens is 1. The standard InChI is InChI=1S/C26H38N6O2/c1-17(2)23(24-28-29-30-32(24)26(3,4)5)31(20-10-8-7-9-11-20)16-19-14-18-15-21(34-6)12-13-22(18)27-25(19)33/h12-15,17,20,23H,7-11,16H2,1-6H3,(H,27,33)/t23-/m0/s1. The average Bonchev–Trinajstić information content (AvgIpc) is 3.29. The second-order valence-corrected chi connectivity index (χ2v) is 10.8. The van der Waals surface area contributed by atoms with Gasteiger partial charge in [0.15, 0.2) is 5.82 Å². The van der Waals surface area contributed by atoms with Crippen molar-refractivity contribution < 1.29 is 4.74 Å². The molecule has 34 heavy (non-hydrogen) atoms. The van der Waals surface area contributed by atoms with Gasteiger partial charge in [-0.2, -0.15) is 0 Å². The molecule has 8 heteroatoms. The van der Waals surface area contributed by atoms with Crippen molar-refractivity contribution in [2.45, 2.75) is 90.9 Å². The van der Waals surface area contributed by atoms with Gasteiger partial charge in [0.1, 0.15) is 5.75 Å². The Morgan fingerprint density at radius 3 is 2.56 bits per heavy atom. The number of fused-ring (bicyclic) bond motifs is 1. The minimum absolute atomic E-state index is 0.00210. The molecule has 3 aromatic rings. The first-order valence-electron chi connectivity index (χ1n) is 12.4. The van der Waals surface area contributed by atoms with Gasteiger partial charge < -0.3 is 9.72 Å². The maximum Gasteiger partial charge on any atom is 0.252 e. The van der Waals surface area contributed by atoms with E-state index in [0.29, 0.717) is 12.6 Å². The lowest BCUT2D eigenvalue weighted by Gasteiger charge is -2.41. The topological polar surface area (TPSA) is 88.9 Å². The van der Waals surface area contributed by atoms with Gasteiger partial charge in [0.05, 0.1) is 18.7 Å². The molecule has 1 fully saturated rings. The molecule has 0 radical (unpaired) electrons. The second-order valence-electron chi connectivity index (χ2n) is 10.8.